The fourth-order valence-corrected chi connectivity index (χ4v) is 4.02. The van der Waals surface area contributed by atoms with Crippen LogP contribution in [-0.2, 0) is 4.79 Å². The van der Waals surface area contributed by atoms with E-state index in [-0.39, 0.29) is 11.9 Å². The molecule has 1 amide bonds. The Morgan fingerprint density at radius 1 is 0.931 bits per heavy atom. The van der Waals surface area contributed by atoms with E-state index >= 15 is 0 Å². The lowest BCUT2D eigenvalue weighted by molar-refractivity contribution is -0.133. The molecular formula is C20H36N8O. The largest absolute Gasteiger partial charge is 0.341 e. The number of amides is 1. The van der Waals surface area contributed by atoms with Crippen molar-refractivity contribution in [3.8, 4) is 0 Å². The quantitative estimate of drug-likeness (QED) is 0.686. The number of nitrogens with zero attached hydrogens (tertiary/aromatic N) is 7. The fraction of sp³-hybridized carbons (Fsp3) is 0.800. The number of carbonyl (C=O) groups is 1. The molecule has 162 valence electrons. The van der Waals surface area contributed by atoms with Gasteiger partial charge in [-0.1, -0.05) is 0 Å². The van der Waals surface area contributed by atoms with Crippen molar-refractivity contribution in [2.24, 2.45) is 0 Å². The zero-order chi connectivity index (χ0) is 20.8. The zero-order valence-electron chi connectivity index (χ0n) is 18.4. The van der Waals surface area contributed by atoms with E-state index in [9.17, 15) is 4.79 Å². The van der Waals surface area contributed by atoms with Crippen LogP contribution in [-0.4, -0.2) is 90.7 Å². The number of carbonyl (C=O) groups excluding carboxylic acids is 1. The van der Waals surface area contributed by atoms with Crippen molar-refractivity contribution in [1.29, 1.82) is 0 Å². The lowest BCUT2D eigenvalue weighted by Crippen LogP contribution is -2.53. The molecule has 2 saturated heterocycles. The zero-order valence-corrected chi connectivity index (χ0v) is 18.4. The third-order valence-corrected chi connectivity index (χ3v) is 5.93. The number of aromatic nitrogens is 3. The summed E-state index contributed by atoms with van der Waals surface area (Å²) >= 11 is 0. The maximum Gasteiger partial charge on any atom is 0.239 e. The fourth-order valence-electron chi connectivity index (χ4n) is 4.02. The second kappa shape index (κ2) is 10.0. The molecule has 9 heteroatoms. The number of hydrogen-bond acceptors (Lipinski definition) is 8. The van der Waals surface area contributed by atoms with Crippen LogP contribution in [0.1, 0.15) is 40.5 Å². The first-order chi connectivity index (χ1) is 14.1. The number of nitrogens with one attached hydrogen (secondary N) is 1. The lowest BCUT2D eigenvalue weighted by Gasteiger charge is -2.36. The van der Waals surface area contributed by atoms with E-state index < -0.39 is 0 Å². The molecule has 3 rings (SSSR count). The van der Waals surface area contributed by atoms with Crippen molar-refractivity contribution >= 4 is 23.8 Å². The minimum Gasteiger partial charge on any atom is -0.341 e. The molecule has 0 spiro atoms. The molecule has 9 nitrogen and oxygen atoms in total. The summed E-state index contributed by atoms with van der Waals surface area (Å²) in [5, 5.41) is 3.31. The SMILES string of the molecule is CCN(CC)c1nc(N(CC)CC)nc(N2CCN(C(=O)C3CCCN3)CC2)n1. The minimum atomic E-state index is 0.00210. The number of hydrogen-bond donors (Lipinski definition) is 1. The standard InChI is InChI=1S/C20H36N8O/c1-5-25(6-2)18-22-19(26(7-3)8-4)24-20(23-18)28-14-12-27(13-15-28)17(29)16-10-9-11-21-16/h16,21H,5-15H2,1-4H3. The summed E-state index contributed by atoms with van der Waals surface area (Å²) in [6.45, 7) is 15.8. The highest BCUT2D eigenvalue weighted by Crippen LogP contribution is 2.21. The monoisotopic (exact) mass is 404 g/mol. The molecule has 1 aromatic heterocycles. The highest BCUT2D eigenvalue weighted by Gasteiger charge is 2.30. The number of piperazine rings is 1. The Hall–Kier alpha value is -2.16. The molecule has 0 aromatic carbocycles. The average molecular weight is 405 g/mol. The van der Waals surface area contributed by atoms with E-state index in [1.165, 1.54) is 0 Å². The molecule has 1 N–H and O–H groups in total. The van der Waals surface area contributed by atoms with Crippen LogP contribution in [0.4, 0.5) is 17.8 Å². The first kappa shape index (κ1) is 21.5. The normalized spacial score (nSPS) is 19.5. The first-order valence-corrected chi connectivity index (χ1v) is 11.1. The van der Waals surface area contributed by atoms with Gasteiger partial charge in [-0.3, -0.25) is 4.79 Å². The molecule has 1 atom stereocenters. The Morgan fingerprint density at radius 2 is 1.48 bits per heavy atom. The van der Waals surface area contributed by atoms with Gasteiger partial charge in [0.1, 0.15) is 0 Å². The minimum absolute atomic E-state index is 0.00210. The van der Waals surface area contributed by atoms with Crippen LogP contribution in [0.3, 0.4) is 0 Å². The maximum absolute atomic E-state index is 12.7. The van der Waals surface area contributed by atoms with Crippen LogP contribution in [0.25, 0.3) is 0 Å². The Morgan fingerprint density at radius 3 is 1.93 bits per heavy atom. The van der Waals surface area contributed by atoms with Crippen molar-refractivity contribution < 1.29 is 4.79 Å². The van der Waals surface area contributed by atoms with Gasteiger partial charge in [0.15, 0.2) is 0 Å². The summed E-state index contributed by atoms with van der Waals surface area (Å²) in [7, 11) is 0. The highest BCUT2D eigenvalue weighted by molar-refractivity contribution is 5.82. The van der Waals surface area contributed by atoms with Crippen LogP contribution in [0.15, 0.2) is 0 Å². The van der Waals surface area contributed by atoms with Gasteiger partial charge >= 0.3 is 0 Å². The van der Waals surface area contributed by atoms with Gasteiger partial charge in [-0.25, -0.2) is 0 Å². The van der Waals surface area contributed by atoms with Gasteiger partial charge in [0.25, 0.3) is 0 Å². The molecule has 1 unspecified atom stereocenters. The van der Waals surface area contributed by atoms with E-state index in [1.54, 1.807) is 0 Å². The van der Waals surface area contributed by atoms with Crippen LogP contribution in [0.2, 0.25) is 0 Å². The lowest BCUT2D eigenvalue weighted by atomic mass is 10.2. The highest BCUT2D eigenvalue weighted by atomic mass is 16.2. The molecule has 3 heterocycles. The van der Waals surface area contributed by atoms with E-state index in [4.69, 9.17) is 15.0 Å². The molecule has 29 heavy (non-hydrogen) atoms. The molecule has 0 saturated carbocycles. The predicted molar refractivity (Wildman–Crippen MR) is 117 cm³/mol. The average Bonchev–Trinajstić information content (AvgIpc) is 3.30. The topological polar surface area (TPSA) is 80.7 Å². The van der Waals surface area contributed by atoms with Crippen LogP contribution in [0.5, 0.6) is 0 Å². The van der Waals surface area contributed by atoms with E-state index in [0.717, 1.165) is 76.5 Å². The van der Waals surface area contributed by atoms with Crippen molar-refractivity contribution in [3.63, 3.8) is 0 Å². The maximum atomic E-state index is 12.7. The smallest absolute Gasteiger partial charge is 0.239 e. The van der Waals surface area contributed by atoms with Gasteiger partial charge in [0.05, 0.1) is 6.04 Å². The van der Waals surface area contributed by atoms with Crippen molar-refractivity contribution in [1.82, 2.24) is 25.2 Å². The molecule has 2 fully saturated rings. The molecule has 2 aliphatic rings. The molecule has 0 aliphatic carbocycles. The first-order valence-electron chi connectivity index (χ1n) is 11.1. The summed E-state index contributed by atoms with van der Waals surface area (Å²) in [4.78, 5) is 35.5. The van der Waals surface area contributed by atoms with Gasteiger partial charge in [-0.2, -0.15) is 15.0 Å². The van der Waals surface area contributed by atoms with Gasteiger partial charge in [0.2, 0.25) is 23.8 Å². The summed E-state index contributed by atoms with van der Waals surface area (Å²) < 4.78 is 0. The summed E-state index contributed by atoms with van der Waals surface area (Å²) in [5.41, 5.74) is 0. The van der Waals surface area contributed by atoms with Crippen LogP contribution in [0, 0.1) is 0 Å². The molecule has 1 aromatic rings. The van der Waals surface area contributed by atoms with E-state index in [0.29, 0.717) is 13.1 Å². The second-order valence-corrected chi connectivity index (χ2v) is 7.54. The van der Waals surface area contributed by atoms with E-state index in [1.807, 2.05) is 4.90 Å². The second-order valence-electron chi connectivity index (χ2n) is 7.54. The van der Waals surface area contributed by atoms with Crippen molar-refractivity contribution in [3.05, 3.63) is 0 Å². The van der Waals surface area contributed by atoms with Gasteiger partial charge < -0.3 is 24.9 Å². The third-order valence-electron chi connectivity index (χ3n) is 5.93. The summed E-state index contributed by atoms with van der Waals surface area (Å²) in [5.74, 6) is 2.42. The predicted octanol–water partition coefficient (Wildman–Crippen LogP) is 0.965. The summed E-state index contributed by atoms with van der Waals surface area (Å²) in [6, 6.07) is 0.00210. The Bertz CT molecular complexity index is 632. The summed E-state index contributed by atoms with van der Waals surface area (Å²) in [6.07, 6.45) is 2.04. The Kier molecular flexibility index (Phi) is 7.46. The van der Waals surface area contributed by atoms with Crippen LogP contribution >= 0.6 is 0 Å². The van der Waals surface area contributed by atoms with Crippen molar-refractivity contribution in [2.75, 3.05) is 73.6 Å². The van der Waals surface area contributed by atoms with E-state index in [2.05, 4.69) is 47.7 Å². The Balaban J connectivity index is 1.76. The molecule has 0 bridgehead atoms. The Labute approximate surface area is 174 Å². The third kappa shape index (κ3) is 4.88. The van der Waals surface area contributed by atoms with Gasteiger partial charge in [-0.05, 0) is 47.1 Å². The molecule has 0 radical (unpaired) electrons. The molecular weight excluding hydrogens is 368 g/mol. The van der Waals surface area contributed by atoms with Crippen molar-refractivity contribution in [2.45, 2.75) is 46.6 Å². The number of anilines is 3. The van der Waals surface area contributed by atoms with Crippen LogP contribution < -0.4 is 20.0 Å². The van der Waals surface area contributed by atoms with Gasteiger partial charge in [0, 0.05) is 52.4 Å². The number of rotatable bonds is 8. The molecule has 2 aliphatic heterocycles. The van der Waals surface area contributed by atoms with Gasteiger partial charge in [-0.15, -0.1) is 0 Å².